The highest BCUT2D eigenvalue weighted by molar-refractivity contribution is 7.91. The van der Waals surface area contributed by atoms with Gasteiger partial charge in [0, 0.05) is 43.3 Å². The Morgan fingerprint density at radius 3 is 2.38 bits per heavy atom. The van der Waals surface area contributed by atoms with Gasteiger partial charge in [-0.25, -0.2) is 22.6 Å². The predicted molar refractivity (Wildman–Crippen MR) is 143 cm³/mol. The van der Waals surface area contributed by atoms with Gasteiger partial charge < -0.3 is 10.4 Å². The number of aromatic nitrogens is 2. The quantitative estimate of drug-likeness (QED) is 0.553. The number of para-hydroxylation sites is 2. The molecule has 2 aromatic rings. The van der Waals surface area contributed by atoms with Crippen LogP contribution in [0.4, 0.5) is 4.79 Å². The summed E-state index contributed by atoms with van der Waals surface area (Å²) < 4.78 is 26.5. The summed E-state index contributed by atoms with van der Waals surface area (Å²) in [4.78, 5) is 30.8. The van der Waals surface area contributed by atoms with Gasteiger partial charge >= 0.3 is 11.7 Å². The lowest BCUT2D eigenvalue weighted by Gasteiger charge is -2.40. The Kier molecular flexibility index (Phi) is 7.25. The summed E-state index contributed by atoms with van der Waals surface area (Å²) in [6.07, 6.45) is 3.66. The lowest BCUT2D eigenvalue weighted by Crippen LogP contribution is -2.54. The van der Waals surface area contributed by atoms with Crippen molar-refractivity contribution < 1.29 is 18.3 Å². The van der Waals surface area contributed by atoms with Crippen molar-refractivity contribution in [3.63, 3.8) is 0 Å². The molecule has 1 aromatic carbocycles. The fraction of sp³-hybridized carbons (Fsp3) is 0.692. The van der Waals surface area contributed by atoms with Gasteiger partial charge in [-0.2, -0.15) is 0 Å². The van der Waals surface area contributed by atoms with Crippen molar-refractivity contribution in [1.82, 2.24) is 24.3 Å². The number of sulfone groups is 1. The maximum absolute atomic E-state index is 13.3. The summed E-state index contributed by atoms with van der Waals surface area (Å²) in [6.45, 7) is 4.86. The highest BCUT2D eigenvalue weighted by atomic mass is 32.2. The number of hydrogen-bond donors (Lipinski definition) is 2. The van der Waals surface area contributed by atoms with E-state index in [2.05, 4.69) is 10.2 Å². The first-order valence-electron chi connectivity index (χ1n) is 13.4. The molecule has 3 aliphatic rings. The Bertz CT molecular complexity index is 1300. The minimum absolute atomic E-state index is 0.0256. The predicted octanol–water partition coefficient (Wildman–Crippen LogP) is 1.42. The molecule has 37 heavy (non-hydrogen) atoms. The van der Waals surface area contributed by atoms with Crippen molar-refractivity contribution in [2.24, 2.45) is 0 Å². The van der Waals surface area contributed by atoms with E-state index in [4.69, 9.17) is 0 Å². The molecular formula is C26H39N5O5S. The van der Waals surface area contributed by atoms with E-state index in [-0.39, 0.29) is 53.4 Å². The van der Waals surface area contributed by atoms with E-state index < -0.39 is 15.9 Å². The average molecular weight is 534 g/mol. The molecule has 11 heteroatoms. The van der Waals surface area contributed by atoms with Gasteiger partial charge in [0.15, 0.2) is 9.84 Å². The molecule has 2 N–H and O–H groups in total. The number of carbonyl (C=O) groups excluding carboxylic acids is 1. The van der Waals surface area contributed by atoms with Gasteiger partial charge in [-0.05, 0) is 65.1 Å². The van der Waals surface area contributed by atoms with Crippen molar-refractivity contribution >= 4 is 26.9 Å². The molecule has 1 amide bonds. The van der Waals surface area contributed by atoms with E-state index in [9.17, 15) is 23.1 Å². The van der Waals surface area contributed by atoms with Crippen LogP contribution in [0, 0.1) is 0 Å². The number of benzene rings is 1. The van der Waals surface area contributed by atoms with Crippen LogP contribution < -0.4 is 11.0 Å². The van der Waals surface area contributed by atoms with Crippen LogP contribution in [0.1, 0.15) is 52.0 Å². The lowest BCUT2D eigenvalue weighted by atomic mass is 9.97. The number of amides is 1. The average Bonchev–Trinajstić information content (AvgIpc) is 3.41. The number of nitrogens with zero attached hydrogens (tertiary/aromatic N) is 4. The van der Waals surface area contributed by atoms with Crippen molar-refractivity contribution in [1.29, 1.82) is 0 Å². The van der Waals surface area contributed by atoms with Crippen molar-refractivity contribution in [3.05, 3.63) is 34.7 Å². The number of piperidine rings is 1. The molecule has 204 valence electrons. The molecule has 3 saturated heterocycles. The van der Waals surface area contributed by atoms with Crippen LogP contribution in [0.25, 0.3) is 11.0 Å². The van der Waals surface area contributed by atoms with Crippen molar-refractivity contribution in [3.8, 4) is 0 Å². The number of carbonyl (C=O) groups is 1. The van der Waals surface area contributed by atoms with Gasteiger partial charge in [-0.1, -0.05) is 12.1 Å². The number of aliphatic hydroxyl groups excluding tert-OH is 1. The topological polar surface area (TPSA) is 117 Å². The second-order valence-corrected chi connectivity index (χ2v) is 13.6. The van der Waals surface area contributed by atoms with E-state index >= 15 is 0 Å². The molecule has 3 unspecified atom stereocenters. The second-order valence-electron chi connectivity index (χ2n) is 11.4. The molecule has 10 nitrogen and oxygen atoms in total. The van der Waals surface area contributed by atoms with Gasteiger partial charge in [0.25, 0.3) is 0 Å². The highest BCUT2D eigenvalue weighted by Crippen LogP contribution is 2.36. The third kappa shape index (κ3) is 5.23. The molecule has 5 atom stereocenters. The number of aliphatic hydroxyl groups is 1. The van der Waals surface area contributed by atoms with Crippen LogP contribution in [0.2, 0.25) is 0 Å². The third-order valence-corrected chi connectivity index (χ3v) is 10.2. The van der Waals surface area contributed by atoms with Crippen LogP contribution in [0.3, 0.4) is 0 Å². The van der Waals surface area contributed by atoms with Crippen LogP contribution in [-0.4, -0.2) is 100 Å². The summed E-state index contributed by atoms with van der Waals surface area (Å²) in [5.41, 5.74) is 1.04. The third-order valence-electron chi connectivity index (χ3n) is 8.46. The molecule has 1 aromatic heterocycles. The van der Waals surface area contributed by atoms with Crippen LogP contribution >= 0.6 is 0 Å². The summed E-state index contributed by atoms with van der Waals surface area (Å²) in [5, 5.41) is 13.9. The molecule has 0 saturated carbocycles. The fourth-order valence-electron chi connectivity index (χ4n) is 6.70. The Morgan fingerprint density at radius 2 is 1.78 bits per heavy atom. The Labute approximate surface area is 218 Å². The second kappa shape index (κ2) is 10.2. The smallest absolute Gasteiger partial charge is 0.337 e. The fourth-order valence-corrected chi connectivity index (χ4v) is 8.51. The first-order valence-corrected chi connectivity index (χ1v) is 15.2. The number of fused-ring (bicyclic) bond motifs is 3. The SMILES string of the molecule is CC(C)n1c(=O)n(C(=O)NC2C[C@H]3CC[C@@H](C2)N3CC(O)CN(C)C2CCS(=O)(=O)C2)c2ccccc21. The summed E-state index contributed by atoms with van der Waals surface area (Å²) in [5.74, 6) is 0.400. The van der Waals surface area contributed by atoms with E-state index in [1.807, 2.05) is 44.0 Å². The van der Waals surface area contributed by atoms with Crippen LogP contribution in [0.5, 0.6) is 0 Å². The molecule has 2 bridgehead atoms. The maximum Gasteiger partial charge on any atom is 0.337 e. The van der Waals surface area contributed by atoms with Crippen molar-refractivity contribution in [2.45, 2.75) is 82.3 Å². The minimum atomic E-state index is -2.96. The van der Waals surface area contributed by atoms with Gasteiger partial charge in [0.1, 0.15) is 0 Å². The largest absolute Gasteiger partial charge is 0.390 e. The van der Waals surface area contributed by atoms with Crippen molar-refractivity contribution in [2.75, 3.05) is 31.6 Å². The highest BCUT2D eigenvalue weighted by Gasteiger charge is 2.42. The van der Waals surface area contributed by atoms with Crippen LogP contribution in [0.15, 0.2) is 29.1 Å². The first kappa shape index (κ1) is 26.4. The number of likely N-dealkylation sites (N-methyl/N-ethyl adjacent to an activating group) is 1. The standard InChI is InChI=1S/C26H39N5O5S/c1-17(2)30-23-6-4-5-7-24(23)31(26(30)34)25(33)27-18-12-19-8-9-20(13-18)29(19)15-22(32)14-28(3)21-10-11-37(35,36)16-21/h4-7,17-22,32H,8-16H2,1-3H3,(H,27,33)/t18?,19-,20+,21?,22?. The molecule has 3 aliphatic heterocycles. The van der Waals surface area contributed by atoms with Gasteiger partial charge in [-0.15, -0.1) is 0 Å². The molecule has 0 aliphatic carbocycles. The number of hydrogen-bond acceptors (Lipinski definition) is 7. The number of imidazole rings is 1. The molecule has 0 radical (unpaired) electrons. The Morgan fingerprint density at radius 1 is 1.14 bits per heavy atom. The first-order chi connectivity index (χ1) is 17.5. The van der Waals surface area contributed by atoms with E-state index in [0.717, 1.165) is 31.2 Å². The summed E-state index contributed by atoms with van der Waals surface area (Å²) in [7, 11) is -1.06. The Balaban J connectivity index is 1.21. The van der Waals surface area contributed by atoms with Gasteiger partial charge in [-0.3, -0.25) is 14.4 Å². The number of rotatable bonds is 7. The zero-order valence-corrected chi connectivity index (χ0v) is 22.7. The molecule has 5 rings (SSSR count). The number of nitrogens with one attached hydrogen (secondary N) is 1. The zero-order valence-electron chi connectivity index (χ0n) is 21.9. The van der Waals surface area contributed by atoms with E-state index in [1.165, 1.54) is 4.57 Å². The summed E-state index contributed by atoms with van der Waals surface area (Å²) >= 11 is 0. The lowest BCUT2D eigenvalue weighted by molar-refractivity contribution is 0.0333. The zero-order chi connectivity index (χ0) is 26.5. The Hall–Kier alpha value is -2.21. The van der Waals surface area contributed by atoms with Gasteiger partial charge in [0.05, 0.1) is 28.6 Å². The molecule has 4 heterocycles. The van der Waals surface area contributed by atoms with E-state index in [1.54, 1.807) is 10.6 Å². The minimum Gasteiger partial charge on any atom is -0.390 e. The molecule has 3 fully saturated rings. The van der Waals surface area contributed by atoms with Gasteiger partial charge in [0.2, 0.25) is 0 Å². The normalized spacial score (nSPS) is 28.4. The van der Waals surface area contributed by atoms with E-state index in [0.29, 0.717) is 25.0 Å². The maximum atomic E-state index is 13.3. The molecule has 0 spiro atoms. The summed E-state index contributed by atoms with van der Waals surface area (Å²) in [6, 6.07) is 7.42. The monoisotopic (exact) mass is 533 g/mol. The van der Waals surface area contributed by atoms with Crippen LogP contribution in [-0.2, 0) is 9.84 Å². The molecular weight excluding hydrogens is 494 g/mol.